The molecule has 1 N–H and O–H groups in total. The van der Waals surface area contributed by atoms with E-state index in [0.29, 0.717) is 19.6 Å². The van der Waals surface area contributed by atoms with Gasteiger partial charge in [-0.1, -0.05) is 12.1 Å². The van der Waals surface area contributed by atoms with E-state index >= 15 is 0 Å². The summed E-state index contributed by atoms with van der Waals surface area (Å²) in [6.07, 6.45) is 1.33. The molecule has 0 saturated carbocycles. The van der Waals surface area contributed by atoms with Crippen LogP contribution in [0.1, 0.15) is 44.0 Å². The first-order chi connectivity index (χ1) is 13.6. The van der Waals surface area contributed by atoms with E-state index in [0.717, 1.165) is 12.8 Å². The average Bonchev–Trinajstić information content (AvgIpc) is 2.65. The van der Waals surface area contributed by atoms with Crippen molar-refractivity contribution < 1.29 is 23.5 Å². The predicted octanol–water partition coefficient (Wildman–Crippen LogP) is 2.66. The molecule has 8 heteroatoms. The lowest BCUT2D eigenvalue weighted by Gasteiger charge is -2.35. The highest BCUT2D eigenvalue weighted by molar-refractivity contribution is 5.96. The number of likely N-dealkylation sites (tertiary alicyclic amines) is 1. The van der Waals surface area contributed by atoms with Crippen molar-refractivity contribution >= 4 is 17.9 Å². The molecule has 1 aromatic rings. The second-order valence-electron chi connectivity index (χ2n) is 8.37. The van der Waals surface area contributed by atoms with E-state index in [1.807, 2.05) is 20.8 Å². The third-order valence-corrected chi connectivity index (χ3v) is 4.63. The lowest BCUT2D eigenvalue weighted by Crippen LogP contribution is -2.47. The Morgan fingerprint density at radius 2 is 1.97 bits per heavy atom. The summed E-state index contributed by atoms with van der Waals surface area (Å²) in [4.78, 5) is 39.9. The number of carbonyl (C=O) groups excluding carboxylic acids is 3. The van der Waals surface area contributed by atoms with Crippen LogP contribution in [0.3, 0.4) is 0 Å². The molecule has 3 amide bonds. The molecule has 2 rings (SSSR count). The van der Waals surface area contributed by atoms with Crippen LogP contribution < -0.4 is 5.32 Å². The molecule has 0 radical (unpaired) electrons. The molecule has 1 atom stereocenters. The van der Waals surface area contributed by atoms with Crippen LogP contribution in [0.15, 0.2) is 24.3 Å². The summed E-state index contributed by atoms with van der Waals surface area (Å²) in [5.41, 5.74) is -0.646. The van der Waals surface area contributed by atoms with Gasteiger partial charge >= 0.3 is 6.09 Å². The quantitative estimate of drug-likeness (QED) is 0.814. The minimum Gasteiger partial charge on any atom is -0.444 e. The number of nitrogens with one attached hydrogen (secondary N) is 1. The Morgan fingerprint density at radius 3 is 2.62 bits per heavy atom. The molecule has 1 aliphatic heterocycles. The van der Waals surface area contributed by atoms with Gasteiger partial charge in [-0.25, -0.2) is 9.18 Å². The largest absolute Gasteiger partial charge is 0.444 e. The zero-order valence-electron chi connectivity index (χ0n) is 17.5. The van der Waals surface area contributed by atoms with E-state index in [4.69, 9.17) is 4.74 Å². The van der Waals surface area contributed by atoms with Crippen molar-refractivity contribution in [1.29, 1.82) is 0 Å². The van der Waals surface area contributed by atoms with Crippen molar-refractivity contribution in [3.8, 4) is 0 Å². The smallest absolute Gasteiger partial charge is 0.410 e. The number of ether oxygens (including phenoxy) is 1. The summed E-state index contributed by atoms with van der Waals surface area (Å²) in [5.74, 6) is -1.33. The van der Waals surface area contributed by atoms with Gasteiger partial charge in [-0.15, -0.1) is 0 Å². The van der Waals surface area contributed by atoms with Crippen LogP contribution in [0.5, 0.6) is 0 Å². The Bertz CT molecular complexity index is 748. The molecule has 160 valence electrons. The van der Waals surface area contributed by atoms with Crippen LogP contribution in [-0.2, 0) is 9.53 Å². The van der Waals surface area contributed by atoms with E-state index in [-0.39, 0.29) is 23.9 Å². The number of hydrogen-bond donors (Lipinski definition) is 1. The summed E-state index contributed by atoms with van der Waals surface area (Å²) in [5, 5.41) is 2.48. The molecular formula is C21H30FN3O4. The summed E-state index contributed by atoms with van der Waals surface area (Å²) in [7, 11) is 1.68. The van der Waals surface area contributed by atoms with Gasteiger partial charge in [0, 0.05) is 26.7 Å². The number of rotatable bonds is 5. The van der Waals surface area contributed by atoms with Gasteiger partial charge in [0.15, 0.2) is 0 Å². The van der Waals surface area contributed by atoms with E-state index in [2.05, 4.69) is 5.32 Å². The minimum atomic E-state index is -0.624. The lowest BCUT2D eigenvalue weighted by atomic mass is 9.97. The van der Waals surface area contributed by atoms with Crippen LogP contribution in [0.2, 0.25) is 0 Å². The van der Waals surface area contributed by atoms with Crippen LogP contribution in [0, 0.1) is 11.7 Å². The second-order valence-corrected chi connectivity index (χ2v) is 8.37. The van der Waals surface area contributed by atoms with Crippen LogP contribution in [0.25, 0.3) is 0 Å². The van der Waals surface area contributed by atoms with Crippen molar-refractivity contribution in [2.45, 2.75) is 39.2 Å². The first-order valence-corrected chi connectivity index (χ1v) is 9.81. The van der Waals surface area contributed by atoms with Gasteiger partial charge in [-0.2, -0.15) is 0 Å². The highest BCUT2D eigenvalue weighted by Gasteiger charge is 2.27. The van der Waals surface area contributed by atoms with Gasteiger partial charge in [-0.3, -0.25) is 9.59 Å². The maximum absolute atomic E-state index is 13.7. The number of piperidine rings is 1. The normalized spacial score (nSPS) is 16.9. The lowest BCUT2D eigenvalue weighted by molar-refractivity contribution is -0.132. The summed E-state index contributed by atoms with van der Waals surface area (Å²) < 4.78 is 19.0. The van der Waals surface area contributed by atoms with Crippen molar-refractivity contribution in [3.63, 3.8) is 0 Å². The maximum Gasteiger partial charge on any atom is 0.410 e. The Balaban J connectivity index is 1.83. The molecule has 0 spiro atoms. The topological polar surface area (TPSA) is 79.0 Å². The maximum atomic E-state index is 13.7. The van der Waals surface area contributed by atoms with Crippen molar-refractivity contribution in [1.82, 2.24) is 15.1 Å². The molecule has 1 aliphatic rings. The van der Waals surface area contributed by atoms with Gasteiger partial charge in [0.1, 0.15) is 11.4 Å². The number of halogens is 1. The summed E-state index contributed by atoms with van der Waals surface area (Å²) in [6.45, 7) is 6.84. The van der Waals surface area contributed by atoms with E-state index < -0.39 is 23.4 Å². The number of nitrogens with zero attached hydrogens (tertiary/aromatic N) is 2. The summed E-state index contributed by atoms with van der Waals surface area (Å²) >= 11 is 0. The summed E-state index contributed by atoms with van der Waals surface area (Å²) in [6, 6.07) is 5.64. The molecule has 1 aromatic carbocycles. The van der Waals surface area contributed by atoms with Gasteiger partial charge in [0.25, 0.3) is 5.91 Å². The Labute approximate surface area is 171 Å². The highest BCUT2D eigenvalue weighted by Crippen LogP contribution is 2.19. The van der Waals surface area contributed by atoms with Gasteiger partial charge < -0.3 is 19.9 Å². The molecule has 1 saturated heterocycles. The third kappa shape index (κ3) is 7.03. The molecule has 0 bridgehead atoms. The zero-order valence-corrected chi connectivity index (χ0v) is 17.5. The van der Waals surface area contributed by atoms with E-state index in [1.54, 1.807) is 18.0 Å². The van der Waals surface area contributed by atoms with Crippen LogP contribution >= 0.6 is 0 Å². The zero-order chi connectivity index (χ0) is 21.6. The SMILES string of the molecule is CN(CC1CCCN(C(=O)CNC(=O)c2ccccc2F)C1)C(=O)OC(C)(C)C. The first kappa shape index (κ1) is 22.6. The number of carbonyl (C=O) groups is 3. The standard InChI is InChI=1S/C21H30FN3O4/c1-21(2,3)29-20(28)24(4)13-15-8-7-11-25(14-15)18(26)12-23-19(27)16-9-5-6-10-17(16)22/h5-6,9-10,15H,7-8,11-14H2,1-4H3,(H,23,27). The number of benzene rings is 1. The van der Waals surface area contributed by atoms with Crippen molar-refractivity contribution in [3.05, 3.63) is 35.6 Å². The minimum absolute atomic E-state index is 0.0872. The molecular weight excluding hydrogens is 377 g/mol. The Hall–Kier alpha value is -2.64. The predicted molar refractivity (Wildman–Crippen MR) is 107 cm³/mol. The molecule has 1 unspecified atom stereocenters. The molecule has 1 fully saturated rings. The Kier molecular flexibility index (Phi) is 7.59. The van der Waals surface area contributed by atoms with Gasteiger partial charge in [0.2, 0.25) is 5.91 Å². The molecule has 0 aliphatic carbocycles. The van der Waals surface area contributed by atoms with Gasteiger partial charge in [-0.05, 0) is 51.7 Å². The number of hydrogen-bond acceptors (Lipinski definition) is 4. The second kappa shape index (κ2) is 9.71. The van der Waals surface area contributed by atoms with E-state index in [9.17, 15) is 18.8 Å². The number of amides is 3. The first-order valence-electron chi connectivity index (χ1n) is 9.81. The van der Waals surface area contributed by atoms with Crippen LogP contribution in [0.4, 0.5) is 9.18 Å². The third-order valence-electron chi connectivity index (χ3n) is 4.63. The molecule has 1 heterocycles. The molecule has 0 aromatic heterocycles. The molecule has 7 nitrogen and oxygen atoms in total. The average molecular weight is 407 g/mol. The van der Waals surface area contributed by atoms with E-state index in [1.165, 1.54) is 23.1 Å². The Morgan fingerprint density at radius 1 is 1.28 bits per heavy atom. The fraction of sp³-hybridized carbons (Fsp3) is 0.571. The highest BCUT2D eigenvalue weighted by atomic mass is 19.1. The monoisotopic (exact) mass is 407 g/mol. The van der Waals surface area contributed by atoms with Crippen molar-refractivity contribution in [2.75, 3.05) is 33.2 Å². The molecule has 29 heavy (non-hydrogen) atoms. The van der Waals surface area contributed by atoms with Crippen LogP contribution in [-0.4, -0.2) is 66.5 Å². The van der Waals surface area contributed by atoms with Gasteiger partial charge in [0.05, 0.1) is 12.1 Å². The van der Waals surface area contributed by atoms with Crippen molar-refractivity contribution in [2.24, 2.45) is 5.92 Å². The fourth-order valence-electron chi connectivity index (χ4n) is 3.25. The fourth-order valence-corrected chi connectivity index (χ4v) is 3.25.